The van der Waals surface area contributed by atoms with Crippen molar-refractivity contribution in [1.29, 1.82) is 0 Å². The Morgan fingerprint density at radius 2 is 1.61 bits per heavy atom. The third-order valence-corrected chi connectivity index (χ3v) is 4.90. The maximum Gasteiger partial charge on any atom is 0.490 e. The molecular weight excluding hydrogens is 443 g/mol. The van der Waals surface area contributed by atoms with Gasteiger partial charge in [-0.05, 0) is 29.2 Å². The first-order valence-corrected chi connectivity index (χ1v) is 9.96. The molecule has 33 heavy (non-hydrogen) atoms. The number of hydrogen-bond acceptors (Lipinski definition) is 4. The number of fused-ring (bicyclic) bond motifs is 1. The Morgan fingerprint density at radius 1 is 1.03 bits per heavy atom. The molecular formula is C22H26F3N3O5. The van der Waals surface area contributed by atoms with Gasteiger partial charge in [0.1, 0.15) is 0 Å². The van der Waals surface area contributed by atoms with Crippen molar-refractivity contribution in [2.75, 3.05) is 0 Å². The van der Waals surface area contributed by atoms with Crippen LogP contribution in [0.3, 0.4) is 0 Å². The van der Waals surface area contributed by atoms with Gasteiger partial charge in [-0.15, -0.1) is 0 Å². The zero-order valence-corrected chi connectivity index (χ0v) is 17.9. The summed E-state index contributed by atoms with van der Waals surface area (Å²) in [5.74, 6) is -5.16. The van der Waals surface area contributed by atoms with Crippen molar-refractivity contribution in [3.63, 3.8) is 0 Å². The van der Waals surface area contributed by atoms with Gasteiger partial charge in [0.25, 0.3) is 0 Å². The number of carbonyl (C=O) groups excluding carboxylic acids is 3. The lowest BCUT2D eigenvalue weighted by atomic mass is 9.87. The summed E-state index contributed by atoms with van der Waals surface area (Å²) >= 11 is 0. The minimum Gasteiger partial charge on any atom is -0.475 e. The minimum atomic E-state index is -5.08. The molecule has 3 amide bonds. The van der Waals surface area contributed by atoms with Gasteiger partial charge < -0.3 is 21.9 Å². The highest BCUT2D eigenvalue weighted by Gasteiger charge is 2.38. The fourth-order valence-corrected chi connectivity index (χ4v) is 3.11. The van der Waals surface area contributed by atoms with Crippen LogP contribution in [0, 0.1) is 11.8 Å². The number of carboxylic acid groups (broad SMARTS) is 1. The molecule has 8 nitrogen and oxygen atoms in total. The highest BCUT2D eigenvalue weighted by Crippen LogP contribution is 2.21. The van der Waals surface area contributed by atoms with Crippen LogP contribution in [0.4, 0.5) is 13.2 Å². The molecule has 0 spiro atoms. The Balaban J connectivity index is 0.000000675. The molecule has 2 rings (SSSR count). The van der Waals surface area contributed by atoms with Gasteiger partial charge in [0.2, 0.25) is 17.7 Å². The highest BCUT2D eigenvalue weighted by atomic mass is 19.4. The summed E-state index contributed by atoms with van der Waals surface area (Å²) in [5, 5.41) is 12.2. The summed E-state index contributed by atoms with van der Waals surface area (Å²) in [6, 6.07) is 13.9. The summed E-state index contributed by atoms with van der Waals surface area (Å²) in [6.07, 6.45) is -4.11. The van der Waals surface area contributed by atoms with Gasteiger partial charge in [-0.25, -0.2) is 4.79 Å². The predicted octanol–water partition coefficient (Wildman–Crippen LogP) is 2.48. The second-order valence-corrected chi connectivity index (χ2v) is 7.32. The molecule has 0 fully saturated rings. The summed E-state index contributed by atoms with van der Waals surface area (Å²) in [7, 11) is 0. The Labute approximate surface area is 188 Å². The van der Waals surface area contributed by atoms with E-state index in [-0.39, 0.29) is 12.3 Å². The molecule has 0 saturated heterocycles. The van der Waals surface area contributed by atoms with Crippen LogP contribution in [-0.2, 0) is 25.7 Å². The van der Waals surface area contributed by atoms with Gasteiger partial charge in [-0.3, -0.25) is 14.4 Å². The summed E-state index contributed by atoms with van der Waals surface area (Å²) in [5.41, 5.74) is 11.6. The smallest absolute Gasteiger partial charge is 0.475 e. The molecule has 0 aliphatic carbocycles. The molecule has 1 unspecified atom stereocenters. The zero-order chi connectivity index (χ0) is 25.2. The van der Waals surface area contributed by atoms with E-state index in [1.807, 2.05) is 42.5 Å². The van der Waals surface area contributed by atoms with Gasteiger partial charge in [-0.1, -0.05) is 49.4 Å². The van der Waals surface area contributed by atoms with E-state index >= 15 is 0 Å². The van der Waals surface area contributed by atoms with Gasteiger partial charge >= 0.3 is 12.1 Å². The van der Waals surface area contributed by atoms with E-state index in [1.165, 1.54) is 0 Å². The largest absolute Gasteiger partial charge is 0.490 e. The molecule has 0 radical (unpaired) electrons. The van der Waals surface area contributed by atoms with Crippen LogP contribution in [0.15, 0.2) is 42.5 Å². The lowest BCUT2D eigenvalue weighted by Gasteiger charge is -2.20. The molecule has 0 aliphatic heterocycles. The number of aliphatic carboxylic acids is 1. The molecule has 0 heterocycles. The van der Waals surface area contributed by atoms with E-state index in [9.17, 15) is 27.6 Å². The molecule has 2 atom stereocenters. The fraction of sp³-hybridized carbons (Fsp3) is 0.364. The van der Waals surface area contributed by atoms with E-state index < -0.39 is 35.8 Å². The number of nitrogens with one attached hydrogen (secondary N) is 1. The molecule has 6 N–H and O–H groups in total. The SMILES string of the molecule is C[C@H](C(=O)NCc1cccc2ccccc12)C(CCCC(N)=O)C(N)=O.O=C(O)C(F)(F)F. The molecule has 180 valence electrons. The average Bonchev–Trinajstić information content (AvgIpc) is 2.73. The Morgan fingerprint density at radius 3 is 2.15 bits per heavy atom. The van der Waals surface area contributed by atoms with Crippen molar-refractivity contribution in [3.8, 4) is 0 Å². The van der Waals surface area contributed by atoms with Crippen molar-refractivity contribution >= 4 is 34.5 Å². The normalized spacial score (nSPS) is 12.7. The number of primary amides is 2. The van der Waals surface area contributed by atoms with Crippen molar-refractivity contribution in [2.45, 2.75) is 38.9 Å². The Bertz CT molecular complexity index is 989. The van der Waals surface area contributed by atoms with Crippen molar-refractivity contribution in [2.24, 2.45) is 23.3 Å². The molecule has 0 saturated carbocycles. The summed E-state index contributed by atoms with van der Waals surface area (Å²) in [4.78, 5) is 43.9. The van der Waals surface area contributed by atoms with Crippen LogP contribution in [0.1, 0.15) is 31.7 Å². The lowest BCUT2D eigenvalue weighted by molar-refractivity contribution is -0.192. The standard InChI is InChI=1S/C20H25N3O3.C2HF3O2/c1-13(16(19(22)25)10-5-11-18(21)24)20(26)23-12-15-8-4-7-14-6-2-3-9-17(14)15;3-2(4,5)1(6)7/h2-4,6-9,13,16H,5,10-12H2,1H3,(H2,21,24)(H2,22,25)(H,23,26);(H,6,7)/t13-,16?;/m0./s1. The average molecular weight is 469 g/mol. The lowest BCUT2D eigenvalue weighted by Crippen LogP contribution is -2.38. The van der Waals surface area contributed by atoms with Crippen molar-refractivity contribution in [3.05, 3.63) is 48.0 Å². The molecule has 0 aliphatic rings. The Kier molecular flexibility index (Phi) is 10.3. The molecule has 11 heteroatoms. The topological polar surface area (TPSA) is 153 Å². The maximum absolute atomic E-state index is 12.5. The van der Waals surface area contributed by atoms with Gasteiger partial charge in [0.05, 0.1) is 0 Å². The van der Waals surface area contributed by atoms with Gasteiger partial charge in [0.15, 0.2) is 0 Å². The molecule has 0 aromatic heterocycles. The van der Waals surface area contributed by atoms with Gasteiger partial charge in [-0.2, -0.15) is 13.2 Å². The first-order chi connectivity index (χ1) is 15.3. The third kappa shape index (κ3) is 9.17. The number of carboxylic acids is 1. The summed E-state index contributed by atoms with van der Waals surface area (Å²) in [6.45, 7) is 2.05. The molecule has 0 bridgehead atoms. The van der Waals surface area contributed by atoms with E-state index in [4.69, 9.17) is 21.4 Å². The number of halogens is 3. The van der Waals surface area contributed by atoms with Gasteiger partial charge in [0, 0.05) is 24.8 Å². The quantitative estimate of drug-likeness (QED) is 0.445. The van der Waals surface area contributed by atoms with Crippen LogP contribution in [0.2, 0.25) is 0 Å². The third-order valence-electron chi connectivity index (χ3n) is 4.90. The number of nitrogens with two attached hydrogens (primary N) is 2. The monoisotopic (exact) mass is 469 g/mol. The van der Waals surface area contributed by atoms with Crippen LogP contribution in [-0.4, -0.2) is 35.0 Å². The van der Waals surface area contributed by atoms with Crippen LogP contribution in [0.5, 0.6) is 0 Å². The molecule has 2 aromatic carbocycles. The number of rotatable bonds is 9. The number of amides is 3. The van der Waals surface area contributed by atoms with E-state index in [2.05, 4.69) is 5.32 Å². The maximum atomic E-state index is 12.5. The number of hydrogen-bond donors (Lipinski definition) is 4. The second-order valence-electron chi connectivity index (χ2n) is 7.32. The first kappa shape index (κ1) is 27.4. The van der Waals surface area contributed by atoms with Crippen LogP contribution >= 0.6 is 0 Å². The van der Waals surface area contributed by atoms with E-state index in [0.29, 0.717) is 19.4 Å². The van der Waals surface area contributed by atoms with E-state index in [0.717, 1.165) is 16.3 Å². The Hall–Kier alpha value is -3.63. The molecule has 2 aromatic rings. The van der Waals surface area contributed by atoms with Crippen LogP contribution < -0.4 is 16.8 Å². The second kappa shape index (κ2) is 12.4. The van der Waals surface area contributed by atoms with Crippen LogP contribution in [0.25, 0.3) is 10.8 Å². The highest BCUT2D eigenvalue weighted by molar-refractivity contribution is 5.88. The number of carbonyl (C=O) groups is 4. The van der Waals surface area contributed by atoms with Crippen molar-refractivity contribution < 1.29 is 37.5 Å². The zero-order valence-electron chi connectivity index (χ0n) is 17.9. The number of alkyl halides is 3. The first-order valence-electron chi connectivity index (χ1n) is 9.96. The van der Waals surface area contributed by atoms with Crippen molar-refractivity contribution in [1.82, 2.24) is 5.32 Å². The minimum absolute atomic E-state index is 0.175. The number of benzene rings is 2. The predicted molar refractivity (Wildman–Crippen MR) is 114 cm³/mol. The fourth-order valence-electron chi connectivity index (χ4n) is 3.11. The van der Waals surface area contributed by atoms with E-state index in [1.54, 1.807) is 6.92 Å². The summed E-state index contributed by atoms with van der Waals surface area (Å²) < 4.78 is 31.7.